The third-order valence-corrected chi connectivity index (χ3v) is 6.87. The van der Waals surface area contributed by atoms with E-state index in [9.17, 15) is 9.59 Å². The Balaban J connectivity index is 1.35. The molecular formula is C31H26Cl3N3O6. The number of amides is 2. The van der Waals surface area contributed by atoms with E-state index < -0.39 is 11.8 Å². The molecule has 12 heteroatoms. The van der Waals surface area contributed by atoms with Crippen molar-refractivity contribution >= 4 is 58.5 Å². The Morgan fingerprint density at radius 2 is 1.56 bits per heavy atom. The number of benzene rings is 4. The Hall–Kier alpha value is -4.44. The number of hydrazone groups is 1. The zero-order valence-electron chi connectivity index (χ0n) is 23.0. The number of anilines is 1. The van der Waals surface area contributed by atoms with Crippen molar-refractivity contribution < 1.29 is 28.5 Å². The molecule has 0 fully saturated rings. The highest BCUT2D eigenvalue weighted by Gasteiger charge is 2.15. The molecule has 0 saturated carbocycles. The molecule has 4 aromatic carbocycles. The number of hydrogen-bond acceptors (Lipinski definition) is 7. The number of carbonyl (C=O) groups excluding carboxylic acids is 2. The van der Waals surface area contributed by atoms with Crippen LogP contribution in [0.15, 0.2) is 84.0 Å². The van der Waals surface area contributed by atoms with Gasteiger partial charge in [-0.25, -0.2) is 5.43 Å². The first-order valence-corrected chi connectivity index (χ1v) is 13.8. The van der Waals surface area contributed by atoms with Crippen LogP contribution in [0.25, 0.3) is 0 Å². The summed E-state index contributed by atoms with van der Waals surface area (Å²) in [4.78, 5) is 25.1. The second kappa shape index (κ2) is 15.2. The van der Waals surface area contributed by atoms with Gasteiger partial charge in [0.2, 0.25) is 0 Å². The first kappa shape index (κ1) is 31.5. The number of methoxy groups -OCH3 is 2. The zero-order chi connectivity index (χ0) is 30.8. The summed E-state index contributed by atoms with van der Waals surface area (Å²) in [5, 5.41) is 7.52. The molecule has 0 aromatic heterocycles. The molecule has 4 rings (SSSR count). The topological polar surface area (TPSA) is 107 Å². The summed E-state index contributed by atoms with van der Waals surface area (Å²) in [5.74, 6) is 0.426. The third-order valence-electron chi connectivity index (χ3n) is 5.85. The largest absolute Gasteiger partial charge is 0.493 e. The number of rotatable bonds is 12. The quantitative estimate of drug-likeness (QED) is 0.127. The molecule has 0 aliphatic rings. The van der Waals surface area contributed by atoms with Crippen molar-refractivity contribution in [3.63, 3.8) is 0 Å². The standard InChI is InChI=1S/C31H26Cl3N3O6/c1-40-27-14-21(8-11-26(27)42-17-19-6-4-3-5-7-19)31(39)37-35-16-20-12-25(34)30(28(13-20)41-2)43-18-29(38)36-22-9-10-23(32)24(33)15-22/h3-16H,17-18H2,1-2H3,(H,36,38)(H,37,39)/b35-16+. The van der Waals surface area contributed by atoms with Crippen LogP contribution in [-0.4, -0.2) is 38.9 Å². The van der Waals surface area contributed by atoms with Crippen LogP contribution in [-0.2, 0) is 11.4 Å². The van der Waals surface area contributed by atoms with Crippen molar-refractivity contribution in [1.82, 2.24) is 5.43 Å². The predicted molar refractivity (Wildman–Crippen MR) is 167 cm³/mol. The number of hydrogen-bond donors (Lipinski definition) is 2. The van der Waals surface area contributed by atoms with Gasteiger partial charge in [-0.2, -0.15) is 5.10 Å². The fourth-order valence-corrected chi connectivity index (χ4v) is 4.33. The van der Waals surface area contributed by atoms with Crippen LogP contribution in [0.3, 0.4) is 0 Å². The summed E-state index contributed by atoms with van der Waals surface area (Å²) < 4.78 is 22.2. The van der Waals surface area contributed by atoms with Crippen LogP contribution in [0.2, 0.25) is 15.1 Å². The zero-order valence-corrected chi connectivity index (χ0v) is 25.3. The third kappa shape index (κ3) is 8.78. The summed E-state index contributed by atoms with van der Waals surface area (Å²) in [7, 11) is 2.93. The minimum absolute atomic E-state index is 0.163. The first-order valence-electron chi connectivity index (χ1n) is 12.7. The highest BCUT2D eigenvalue weighted by molar-refractivity contribution is 6.42. The van der Waals surface area contributed by atoms with Crippen LogP contribution < -0.4 is 29.7 Å². The predicted octanol–water partition coefficient (Wildman–Crippen LogP) is 7.02. The molecule has 222 valence electrons. The van der Waals surface area contributed by atoms with E-state index in [2.05, 4.69) is 15.8 Å². The Kier molecular flexibility index (Phi) is 11.1. The molecule has 0 bridgehead atoms. The number of halogens is 3. The highest BCUT2D eigenvalue weighted by Crippen LogP contribution is 2.36. The van der Waals surface area contributed by atoms with Crippen LogP contribution >= 0.6 is 34.8 Å². The maximum absolute atomic E-state index is 12.7. The van der Waals surface area contributed by atoms with E-state index in [4.69, 9.17) is 53.8 Å². The number of nitrogens with one attached hydrogen (secondary N) is 2. The van der Waals surface area contributed by atoms with Gasteiger partial charge in [-0.1, -0.05) is 65.1 Å². The number of carbonyl (C=O) groups is 2. The molecule has 0 heterocycles. The molecule has 9 nitrogen and oxygen atoms in total. The molecule has 0 saturated heterocycles. The van der Waals surface area contributed by atoms with E-state index in [1.54, 1.807) is 42.5 Å². The van der Waals surface area contributed by atoms with E-state index in [-0.39, 0.29) is 23.1 Å². The Morgan fingerprint density at radius 3 is 2.28 bits per heavy atom. The van der Waals surface area contributed by atoms with Gasteiger partial charge in [0.25, 0.3) is 11.8 Å². The molecule has 0 atom stereocenters. The minimum Gasteiger partial charge on any atom is -0.493 e. The summed E-state index contributed by atoms with van der Waals surface area (Å²) in [6.45, 7) is 0.00812. The van der Waals surface area contributed by atoms with Gasteiger partial charge in [0, 0.05) is 11.3 Å². The lowest BCUT2D eigenvalue weighted by Crippen LogP contribution is -2.20. The second-order valence-electron chi connectivity index (χ2n) is 8.84. The van der Waals surface area contributed by atoms with Crippen LogP contribution in [0.5, 0.6) is 23.0 Å². The first-order chi connectivity index (χ1) is 20.8. The monoisotopic (exact) mass is 641 g/mol. The van der Waals surface area contributed by atoms with Crippen molar-refractivity contribution in [3.05, 3.63) is 111 Å². The Bertz CT molecular complexity index is 1630. The fourth-order valence-electron chi connectivity index (χ4n) is 3.76. The van der Waals surface area contributed by atoms with Gasteiger partial charge in [0.1, 0.15) is 6.61 Å². The summed E-state index contributed by atoms with van der Waals surface area (Å²) in [5.41, 5.74) is 4.76. The van der Waals surface area contributed by atoms with Crippen molar-refractivity contribution in [2.24, 2.45) is 5.10 Å². The average molecular weight is 643 g/mol. The SMILES string of the molecule is COc1cc(C(=O)N/N=C/c2cc(Cl)c(OCC(=O)Nc3ccc(Cl)c(Cl)c3)c(OC)c2)ccc1OCc1ccccc1. The van der Waals surface area contributed by atoms with E-state index in [0.29, 0.717) is 45.0 Å². The average Bonchev–Trinajstić information content (AvgIpc) is 3.01. The molecule has 2 amide bonds. The molecule has 0 aliphatic carbocycles. The van der Waals surface area contributed by atoms with Gasteiger partial charge in [-0.05, 0) is 59.7 Å². The maximum atomic E-state index is 12.7. The molecule has 0 spiro atoms. The van der Waals surface area contributed by atoms with Crippen molar-refractivity contribution in [2.75, 3.05) is 26.1 Å². The van der Waals surface area contributed by atoms with E-state index in [1.807, 2.05) is 30.3 Å². The van der Waals surface area contributed by atoms with Gasteiger partial charge in [-0.3, -0.25) is 9.59 Å². The van der Waals surface area contributed by atoms with Gasteiger partial charge in [-0.15, -0.1) is 0 Å². The Labute approximate surface area is 263 Å². The molecule has 0 radical (unpaired) electrons. The molecule has 0 aliphatic heterocycles. The lowest BCUT2D eigenvalue weighted by Gasteiger charge is -2.13. The normalized spacial score (nSPS) is 10.7. The molecule has 0 unspecified atom stereocenters. The van der Waals surface area contributed by atoms with Crippen LogP contribution in [0, 0.1) is 0 Å². The van der Waals surface area contributed by atoms with Gasteiger partial charge < -0.3 is 24.3 Å². The van der Waals surface area contributed by atoms with Crippen molar-refractivity contribution in [1.29, 1.82) is 0 Å². The Morgan fingerprint density at radius 1 is 0.791 bits per heavy atom. The van der Waals surface area contributed by atoms with E-state index in [0.717, 1.165) is 5.56 Å². The second-order valence-corrected chi connectivity index (χ2v) is 10.1. The van der Waals surface area contributed by atoms with E-state index in [1.165, 1.54) is 26.5 Å². The van der Waals surface area contributed by atoms with Gasteiger partial charge in [0.05, 0.1) is 35.5 Å². The van der Waals surface area contributed by atoms with Crippen LogP contribution in [0.4, 0.5) is 5.69 Å². The fraction of sp³-hybridized carbons (Fsp3) is 0.129. The van der Waals surface area contributed by atoms with E-state index >= 15 is 0 Å². The molecular weight excluding hydrogens is 617 g/mol. The molecule has 2 N–H and O–H groups in total. The molecule has 43 heavy (non-hydrogen) atoms. The minimum atomic E-state index is -0.463. The smallest absolute Gasteiger partial charge is 0.271 e. The number of ether oxygens (including phenoxy) is 4. The summed E-state index contributed by atoms with van der Waals surface area (Å²) in [6, 6.07) is 22.4. The molecule has 4 aromatic rings. The van der Waals surface area contributed by atoms with Gasteiger partial charge >= 0.3 is 0 Å². The van der Waals surface area contributed by atoms with Crippen molar-refractivity contribution in [2.45, 2.75) is 6.61 Å². The summed E-state index contributed by atoms with van der Waals surface area (Å²) in [6.07, 6.45) is 1.39. The lowest BCUT2D eigenvalue weighted by molar-refractivity contribution is -0.118. The highest BCUT2D eigenvalue weighted by atomic mass is 35.5. The lowest BCUT2D eigenvalue weighted by atomic mass is 10.2. The summed E-state index contributed by atoms with van der Waals surface area (Å²) >= 11 is 18.3. The van der Waals surface area contributed by atoms with Gasteiger partial charge in [0.15, 0.2) is 29.6 Å². The van der Waals surface area contributed by atoms with Crippen LogP contribution in [0.1, 0.15) is 21.5 Å². The number of nitrogens with zero attached hydrogens (tertiary/aromatic N) is 1. The van der Waals surface area contributed by atoms with Crippen molar-refractivity contribution in [3.8, 4) is 23.0 Å². The maximum Gasteiger partial charge on any atom is 0.271 e.